The lowest BCUT2D eigenvalue weighted by molar-refractivity contribution is 0.0943. The predicted octanol–water partition coefficient (Wildman–Crippen LogP) is 1.94. The van der Waals surface area contributed by atoms with Gasteiger partial charge in [0, 0.05) is 23.2 Å². The number of nitrogens with zero attached hydrogens (tertiary/aromatic N) is 2. The number of rotatable bonds is 5. The summed E-state index contributed by atoms with van der Waals surface area (Å²) >= 11 is 1.64. The van der Waals surface area contributed by atoms with Gasteiger partial charge < -0.3 is 9.97 Å². The summed E-state index contributed by atoms with van der Waals surface area (Å²) in [4.78, 5) is 36.2. The topological polar surface area (TPSA) is 81.8 Å². The van der Waals surface area contributed by atoms with E-state index in [9.17, 15) is 9.59 Å². The Morgan fingerprint density at radius 1 is 1.32 bits per heavy atom. The van der Waals surface area contributed by atoms with E-state index >= 15 is 0 Å². The highest BCUT2D eigenvalue weighted by molar-refractivity contribution is 7.11. The zero-order valence-electron chi connectivity index (χ0n) is 12.3. The average Bonchev–Trinajstić information content (AvgIpc) is 3.02. The molecule has 6 nitrogen and oxygen atoms in total. The minimum Gasteiger partial charge on any atom is -0.306 e. The molecule has 0 spiro atoms. The molecule has 2 N–H and O–H groups in total. The number of hydrogen-bond acceptors (Lipinski definition) is 5. The molecule has 0 aliphatic heterocycles. The van der Waals surface area contributed by atoms with Gasteiger partial charge in [-0.25, -0.2) is 9.78 Å². The summed E-state index contributed by atoms with van der Waals surface area (Å²) in [5, 5.41) is 1.02. The number of aromatic amines is 2. The second-order valence-electron chi connectivity index (χ2n) is 5.28. The van der Waals surface area contributed by atoms with Crippen molar-refractivity contribution in [1.29, 1.82) is 0 Å². The Hall–Kier alpha value is -2.25. The second kappa shape index (κ2) is 5.86. The molecule has 0 saturated heterocycles. The quantitative estimate of drug-likeness (QED) is 0.705. The van der Waals surface area contributed by atoms with Crippen LogP contribution in [0.4, 0.5) is 0 Å². The van der Waals surface area contributed by atoms with E-state index in [-0.39, 0.29) is 11.5 Å². The number of nitrogens with one attached hydrogen (secondary N) is 2. The molecule has 0 fully saturated rings. The summed E-state index contributed by atoms with van der Waals surface area (Å²) in [6, 6.07) is 5.19. The summed E-state index contributed by atoms with van der Waals surface area (Å²) in [7, 11) is 1.91. The highest BCUT2D eigenvalue weighted by Crippen LogP contribution is 2.15. The number of H-pyrrole nitrogens is 2. The molecule has 0 saturated carbocycles. The van der Waals surface area contributed by atoms with Gasteiger partial charge in [-0.1, -0.05) is 0 Å². The van der Waals surface area contributed by atoms with Gasteiger partial charge in [-0.3, -0.25) is 9.69 Å². The van der Waals surface area contributed by atoms with Crippen molar-refractivity contribution in [3.8, 4) is 0 Å². The number of aromatic nitrogens is 3. The molecule has 1 aromatic carbocycles. The normalized spacial score (nSPS) is 11.4. The van der Waals surface area contributed by atoms with Crippen molar-refractivity contribution in [2.75, 3.05) is 13.6 Å². The first-order valence-electron chi connectivity index (χ1n) is 6.86. The van der Waals surface area contributed by atoms with Gasteiger partial charge in [0.25, 0.3) is 0 Å². The summed E-state index contributed by atoms with van der Waals surface area (Å²) < 4.78 is 0. The van der Waals surface area contributed by atoms with E-state index in [0.717, 1.165) is 9.88 Å². The molecule has 2 aromatic heterocycles. The Morgan fingerprint density at radius 2 is 2.09 bits per heavy atom. The maximum atomic E-state index is 12.3. The van der Waals surface area contributed by atoms with E-state index in [1.54, 1.807) is 29.5 Å². The number of Topliss-reactive ketones (excluding diaryl/α,β-unsaturated/α-hetero) is 1. The van der Waals surface area contributed by atoms with Crippen LogP contribution in [0.2, 0.25) is 0 Å². The third-order valence-corrected chi connectivity index (χ3v) is 4.24. The molecular weight excluding hydrogens is 300 g/mol. The van der Waals surface area contributed by atoms with Crippen molar-refractivity contribution in [2.45, 2.75) is 13.5 Å². The number of carbonyl (C=O) groups excluding carboxylic acids is 1. The fraction of sp³-hybridized carbons (Fsp3) is 0.267. The van der Waals surface area contributed by atoms with Crippen molar-refractivity contribution in [3.05, 3.63) is 50.3 Å². The molecule has 0 bridgehead atoms. The first-order valence-corrected chi connectivity index (χ1v) is 7.68. The Kier molecular flexibility index (Phi) is 3.91. The van der Waals surface area contributed by atoms with Gasteiger partial charge in [-0.05, 0) is 32.2 Å². The highest BCUT2D eigenvalue weighted by atomic mass is 32.1. The van der Waals surface area contributed by atoms with E-state index in [2.05, 4.69) is 15.0 Å². The number of carbonyl (C=O) groups is 1. The number of fused-ring (bicyclic) bond motifs is 1. The van der Waals surface area contributed by atoms with Crippen molar-refractivity contribution in [3.63, 3.8) is 0 Å². The summed E-state index contributed by atoms with van der Waals surface area (Å²) in [6.07, 6.45) is 1.84. The molecule has 0 aliphatic rings. The zero-order valence-corrected chi connectivity index (χ0v) is 13.2. The Balaban J connectivity index is 1.70. The number of aryl methyl sites for hydroxylation is 1. The predicted molar refractivity (Wildman–Crippen MR) is 86.4 cm³/mol. The van der Waals surface area contributed by atoms with Crippen LogP contribution in [-0.4, -0.2) is 39.2 Å². The third-order valence-electron chi connectivity index (χ3n) is 3.35. The molecule has 0 amide bonds. The van der Waals surface area contributed by atoms with E-state index in [4.69, 9.17) is 0 Å². The monoisotopic (exact) mass is 316 g/mol. The molecule has 0 atom stereocenters. The second-order valence-corrected chi connectivity index (χ2v) is 6.60. The Morgan fingerprint density at radius 3 is 2.82 bits per heavy atom. The van der Waals surface area contributed by atoms with E-state index < -0.39 is 0 Å². The van der Waals surface area contributed by atoms with Crippen LogP contribution < -0.4 is 5.69 Å². The molecule has 7 heteroatoms. The van der Waals surface area contributed by atoms with Gasteiger partial charge in [0.05, 0.1) is 22.6 Å². The van der Waals surface area contributed by atoms with Crippen molar-refractivity contribution < 1.29 is 4.79 Å². The maximum Gasteiger partial charge on any atom is 0.323 e. The smallest absolute Gasteiger partial charge is 0.306 e. The van der Waals surface area contributed by atoms with E-state index in [1.807, 2.05) is 25.1 Å². The Bertz CT molecular complexity index is 877. The molecule has 0 aliphatic carbocycles. The zero-order chi connectivity index (χ0) is 15.7. The van der Waals surface area contributed by atoms with Crippen LogP contribution in [0, 0.1) is 6.92 Å². The number of thiazole rings is 1. The average molecular weight is 316 g/mol. The molecular formula is C15H16N4O2S. The first-order chi connectivity index (χ1) is 10.5. The number of hydrogen-bond donors (Lipinski definition) is 2. The number of imidazole rings is 1. The van der Waals surface area contributed by atoms with Crippen LogP contribution >= 0.6 is 11.3 Å². The molecule has 2 heterocycles. The van der Waals surface area contributed by atoms with Gasteiger partial charge in [0.15, 0.2) is 5.78 Å². The van der Waals surface area contributed by atoms with Gasteiger partial charge in [0.1, 0.15) is 0 Å². The van der Waals surface area contributed by atoms with Crippen molar-refractivity contribution in [2.24, 2.45) is 0 Å². The lowest BCUT2D eigenvalue weighted by atomic mass is 10.1. The number of likely N-dealkylation sites (N-methyl/N-ethyl adjacent to an activating group) is 1. The van der Waals surface area contributed by atoms with Crippen LogP contribution in [0.3, 0.4) is 0 Å². The van der Waals surface area contributed by atoms with Gasteiger partial charge in [0.2, 0.25) is 0 Å². The molecule has 0 radical (unpaired) electrons. The molecule has 114 valence electrons. The minimum atomic E-state index is -0.266. The lowest BCUT2D eigenvalue weighted by Crippen LogP contribution is -2.25. The minimum absolute atomic E-state index is 0.0210. The first kappa shape index (κ1) is 14.7. The molecule has 0 unspecified atom stereocenters. The van der Waals surface area contributed by atoms with Crippen molar-refractivity contribution >= 4 is 28.2 Å². The lowest BCUT2D eigenvalue weighted by Gasteiger charge is -2.14. The van der Waals surface area contributed by atoms with E-state index in [0.29, 0.717) is 29.7 Å². The standard InChI is InChI=1S/C15H16N4O2S/c1-9-16-6-11(22-9)7-19(2)8-14(20)10-3-4-12-13(5-10)18-15(21)17-12/h3-6H,7-8H2,1-2H3,(H2,17,18,21). The number of ketones is 1. The molecule has 22 heavy (non-hydrogen) atoms. The van der Waals surface area contributed by atoms with Crippen LogP contribution in [0.15, 0.2) is 29.2 Å². The van der Waals surface area contributed by atoms with Crippen molar-refractivity contribution in [1.82, 2.24) is 19.9 Å². The molecule has 3 rings (SSSR count). The largest absolute Gasteiger partial charge is 0.323 e. The maximum absolute atomic E-state index is 12.3. The SMILES string of the molecule is Cc1ncc(CN(C)CC(=O)c2ccc3[nH]c(=O)[nH]c3c2)s1. The Labute approximate surface area is 130 Å². The van der Waals surface area contributed by atoms with Gasteiger partial charge in [-0.15, -0.1) is 11.3 Å². The third kappa shape index (κ3) is 3.15. The van der Waals surface area contributed by atoms with Crippen LogP contribution in [0.1, 0.15) is 20.2 Å². The van der Waals surface area contributed by atoms with Gasteiger partial charge in [-0.2, -0.15) is 0 Å². The summed E-state index contributed by atoms with van der Waals surface area (Å²) in [5.74, 6) is 0.0210. The highest BCUT2D eigenvalue weighted by Gasteiger charge is 2.12. The molecule has 3 aromatic rings. The summed E-state index contributed by atoms with van der Waals surface area (Å²) in [5.41, 5.74) is 1.68. The van der Waals surface area contributed by atoms with Crippen LogP contribution in [-0.2, 0) is 6.54 Å². The fourth-order valence-electron chi connectivity index (χ4n) is 2.34. The van der Waals surface area contributed by atoms with Gasteiger partial charge >= 0.3 is 5.69 Å². The van der Waals surface area contributed by atoms with E-state index in [1.165, 1.54) is 0 Å². The van der Waals surface area contributed by atoms with Crippen LogP contribution in [0.5, 0.6) is 0 Å². The summed E-state index contributed by atoms with van der Waals surface area (Å²) in [6.45, 7) is 2.98. The number of benzene rings is 1. The fourth-order valence-corrected chi connectivity index (χ4v) is 3.22. The van der Waals surface area contributed by atoms with Crippen LogP contribution in [0.25, 0.3) is 11.0 Å².